The summed E-state index contributed by atoms with van der Waals surface area (Å²) in [7, 11) is 1.46. The van der Waals surface area contributed by atoms with E-state index in [0.29, 0.717) is 22.0 Å². The van der Waals surface area contributed by atoms with Crippen LogP contribution in [0.5, 0.6) is 5.75 Å². The molecule has 0 radical (unpaired) electrons. The van der Waals surface area contributed by atoms with Gasteiger partial charge in [-0.25, -0.2) is 14.8 Å². The molecule has 2 aromatic carbocycles. The number of carbonyl (C=O) groups excluding carboxylic acids is 1. The molecule has 0 amide bonds. The fourth-order valence-corrected chi connectivity index (χ4v) is 3.94. The summed E-state index contributed by atoms with van der Waals surface area (Å²) in [5, 5.41) is 5.73. The Kier molecular flexibility index (Phi) is 6.60. The zero-order valence-corrected chi connectivity index (χ0v) is 21.4. The number of imidazole rings is 1. The van der Waals surface area contributed by atoms with Crippen molar-refractivity contribution in [1.29, 1.82) is 0 Å². The molecule has 0 bridgehead atoms. The molecule has 0 aliphatic heterocycles. The highest BCUT2D eigenvalue weighted by Crippen LogP contribution is 2.35. The lowest BCUT2D eigenvalue weighted by Gasteiger charge is -2.20. The maximum absolute atomic E-state index is 13.7. The summed E-state index contributed by atoms with van der Waals surface area (Å²) >= 11 is 5.96. The molecule has 3 heterocycles. The van der Waals surface area contributed by atoms with Gasteiger partial charge in [-0.2, -0.15) is 22.7 Å². The fourth-order valence-electron chi connectivity index (χ4n) is 3.81. The molecule has 0 aliphatic rings. The first-order valence-corrected chi connectivity index (χ1v) is 11.7. The number of methoxy groups -OCH3 is 1. The summed E-state index contributed by atoms with van der Waals surface area (Å²) in [6.07, 6.45) is -1.34. The van der Waals surface area contributed by atoms with E-state index in [1.807, 2.05) is 6.92 Å². The van der Waals surface area contributed by atoms with Crippen LogP contribution >= 0.6 is 11.6 Å². The molecule has 200 valence electrons. The van der Waals surface area contributed by atoms with Gasteiger partial charge in [-0.05, 0) is 37.3 Å². The Morgan fingerprint density at radius 1 is 1.08 bits per heavy atom. The molecule has 0 saturated carbocycles. The lowest BCUT2D eigenvalue weighted by molar-refractivity contribution is -0.142. The lowest BCUT2D eigenvalue weighted by atomic mass is 10.1. The molecule has 0 spiro atoms. The summed E-state index contributed by atoms with van der Waals surface area (Å²) in [5.74, 6) is -0.922. The predicted octanol–water partition coefficient (Wildman–Crippen LogP) is 5.58. The van der Waals surface area contributed by atoms with Crippen molar-refractivity contribution in [1.82, 2.24) is 29.1 Å². The van der Waals surface area contributed by atoms with Crippen LogP contribution in [0, 0.1) is 6.92 Å². The van der Waals surface area contributed by atoms with Crippen molar-refractivity contribution in [2.75, 3.05) is 12.2 Å². The van der Waals surface area contributed by atoms with E-state index in [0.717, 1.165) is 21.3 Å². The Morgan fingerprint density at radius 3 is 2.44 bits per heavy atom. The van der Waals surface area contributed by atoms with Crippen LogP contribution in [0.3, 0.4) is 0 Å². The molecule has 0 aliphatic carbocycles. The second-order valence-electron chi connectivity index (χ2n) is 8.31. The Bertz CT molecular complexity index is 1680. The number of alkyl halides is 3. The SMILES string of the molecule is COc1cc(N(OC(C)=O)c2nc3nc(C(F)(F)F)cc(-c4ccc(Cl)cc4)n3n2)ccc1-n1cnc(C)c1. The van der Waals surface area contributed by atoms with Gasteiger partial charge in [0.15, 0.2) is 5.69 Å². The Balaban J connectivity index is 1.67. The maximum atomic E-state index is 13.7. The quantitative estimate of drug-likeness (QED) is 0.249. The number of carbonyl (C=O) groups is 1. The number of nitrogens with zero attached hydrogens (tertiary/aromatic N) is 7. The second kappa shape index (κ2) is 9.91. The molecule has 10 nitrogen and oxygen atoms in total. The average Bonchev–Trinajstić information content (AvgIpc) is 3.52. The number of anilines is 2. The van der Waals surface area contributed by atoms with E-state index < -0.39 is 17.8 Å². The van der Waals surface area contributed by atoms with Gasteiger partial charge >= 0.3 is 12.1 Å². The van der Waals surface area contributed by atoms with Gasteiger partial charge in [-0.1, -0.05) is 23.7 Å². The third-order valence-corrected chi connectivity index (χ3v) is 5.77. The number of halogens is 4. The first kappa shape index (κ1) is 26.0. The minimum atomic E-state index is -4.75. The molecule has 5 rings (SSSR count). The monoisotopic (exact) mass is 557 g/mol. The molecule has 0 saturated heterocycles. The van der Waals surface area contributed by atoms with E-state index in [-0.39, 0.29) is 23.1 Å². The van der Waals surface area contributed by atoms with Crippen LogP contribution in [0.15, 0.2) is 61.1 Å². The number of benzene rings is 2. The summed E-state index contributed by atoms with van der Waals surface area (Å²) in [4.78, 5) is 29.4. The van der Waals surface area contributed by atoms with Crippen LogP contribution in [0.4, 0.5) is 24.8 Å². The van der Waals surface area contributed by atoms with Crippen LogP contribution in [0.2, 0.25) is 5.02 Å². The van der Waals surface area contributed by atoms with Gasteiger partial charge in [-0.3, -0.25) is 0 Å². The second-order valence-corrected chi connectivity index (χ2v) is 8.75. The molecule has 5 aromatic rings. The van der Waals surface area contributed by atoms with E-state index in [1.54, 1.807) is 47.4 Å². The standard InChI is InChI=1S/C25H19ClF3N7O3/c1-14-12-34(13-30-14)19-9-8-18(10-21(19)38-3)36(39-15(2)37)24-32-23-31-22(25(27,28)29)11-20(35(23)33-24)16-4-6-17(26)7-5-16/h4-13H,1-3H3. The zero-order chi connectivity index (χ0) is 27.9. The predicted molar refractivity (Wildman–Crippen MR) is 135 cm³/mol. The first-order chi connectivity index (χ1) is 18.5. The third kappa shape index (κ3) is 5.21. The molecule has 0 N–H and O–H groups in total. The van der Waals surface area contributed by atoms with Gasteiger partial charge in [-0.15, -0.1) is 10.2 Å². The van der Waals surface area contributed by atoms with E-state index in [4.69, 9.17) is 21.2 Å². The van der Waals surface area contributed by atoms with Gasteiger partial charge in [0.2, 0.25) is 0 Å². The number of hydrogen-bond donors (Lipinski definition) is 0. The maximum Gasteiger partial charge on any atom is 0.433 e. The fraction of sp³-hybridized carbons (Fsp3) is 0.160. The first-order valence-electron chi connectivity index (χ1n) is 11.3. The van der Waals surface area contributed by atoms with Gasteiger partial charge in [0.25, 0.3) is 11.7 Å². The number of aromatic nitrogens is 6. The van der Waals surface area contributed by atoms with Crippen molar-refractivity contribution in [3.05, 3.63) is 77.5 Å². The molecule has 39 heavy (non-hydrogen) atoms. The minimum absolute atomic E-state index is 0.0499. The Hall–Kier alpha value is -4.65. The van der Waals surface area contributed by atoms with Gasteiger partial charge in [0, 0.05) is 29.8 Å². The number of fused-ring (bicyclic) bond motifs is 1. The van der Waals surface area contributed by atoms with E-state index in [2.05, 4.69) is 20.1 Å². The molecular weight excluding hydrogens is 539 g/mol. The average molecular weight is 558 g/mol. The van der Waals surface area contributed by atoms with Gasteiger partial charge in [0.1, 0.15) is 5.75 Å². The van der Waals surface area contributed by atoms with Crippen molar-refractivity contribution in [2.24, 2.45) is 0 Å². The van der Waals surface area contributed by atoms with Crippen LogP contribution in [0.25, 0.3) is 22.7 Å². The van der Waals surface area contributed by atoms with Gasteiger partial charge in [0.05, 0.1) is 36.2 Å². The van der Waals surface area contributed by atoms with E-state index in [9.17, 15) is 18.0 Å². The van der Waals surface area contributed by atoms with Crippen LogP contribution in [-0.2, 0) is 15.8 Å². The normalized spacial score (nSPS) is 11.6. The highest BCUT2D eigenvalue weighted by molar-refractivity contribution is 6.30. The lowest BCUT2D eigenvalue weighted by Crippen LogP contribution is -2.22. The van der Waals surface area contributed by atoms with Crippen molar-refractivity contribution in [3.8, 4) is 22.7 Å². The smallest absolute Gasteiger partial charge is 0.433 e. The van der Waals surface area contributed by atoms with Gasteiger partial charge < -0.3 is 14.1 Å². The van der Waals surface area contributed by atoms with Crippen LogP contribution in [-0.4, -0.2) is 42.2 Å². The summed E-state index contributed by atoms with van der Waals surface area (Å²) in [6, 6.07) is 11.9. The highest BCUT2D eigenvalue weighted by Gasteiger charge is 2.35. The van der Waals surface area contributed by atoms with Crippen molar-refractivity contribution in [3.63, 3.8) is 0 Å². The molecule has 0 unspecified atom stereocenters. The molecule has 0 fully saturated rings. The molecule has 3 aromatic heterocycles. The largest absolute Gasteiger partial charge is 0.494 e. The molecule has 14 heteroatoms. The third-order valence-electron chi connectivity index (χ3n) is 5.52. The summed E-state index contributed by atoms with van der Waals surface area (Å²) < 4.78 is 49.5. The zero-order valence-electron chi connectivity index (χ0n) is 20.6. The number of aryl methyl sites for hydroxylation is 1. The van der Waals surface area contributed by atoms with E-state index >= 15 is 0 Å². The molecular formula is C25H19ClF3N7O3. The Labute approximate surface area is 224 Å². The molecule has 0 atom stereocenters. The number of rotatable bonds is 6. The highest BCUT2D eigenvalue weighted by atomic mass is 35.5. The Morgan fingerprint density at radius 2 is 1.82 bits per heavy atom. The van der Waals surface area contributed by atoms with Crippen molar-refractivity contribution in [2.45, 2.75) is 20.0 Å². The number of hydrogen-bond acceptors (Lipinski definition) is 8. The summed E-state index contributed by atoms with van der Waals surface area (Å²) in [5.41, 5.74) is 0.971. The van der Waals surface area contributed by atoms with Crippen molar-refractivity contribution < 1.29 is 27.5 Å². The summed E-state index contributed by atoms with van der Waals surface area (Å²) in [6.45, 7) is 3.01. The number of ether oxygens (including phenoxy) is 1. The van der Waals surface area contributed by atoms with Crippen molar-refractivity contribution >= 4 is 35.0 Å². The van der Waals surface area contributed by atoms with Crippen LogP contribution in [0.1, 0.15) is 18.3 Å². The topological polar surface area (TPSA) is 99.7 Å². The van der Waals surface area contributed by atoms with Crippen LogP contribution < -0.4 is 9.80 Å². The van der Waals surface area contributed by atoms with E-state index in [1.165, 1.54) is 26.2 Å². The minimum Gasteiger partial charge on any atom is -0.494 e.